The number of aromatic nitrogens is 3. The molecule has 1 aliphatic heterocycles. The lowest BCUT2D eigenvalue weighted by Crippen LogP contribution is -2.43. The number of hydrogen-bond acceptors (Lipinski definition) is 4. The van der Waals surface area contributed by atoms with Crippen molar-refractivity contribution < 1.29 is 4.79 Å². The van der Waals surface area contributed by atoms with Crippen LogP contribution in [0.1, 0.15) is 29.9 Å². The van der Waals surface area contributed by atoms with Crippen LogP contribution in [0.4, 0.5) is 0 Å². The molecule has 1 saturated heterocycles. The van der Waals surface area contributed by atoms with Gasteiger partial charge in [0.25, 0.3) is 0 Å². The molecule has 80 valence electrons. The standard InChI is InChI=1S/C10H14N4O/c1-7(2)3-10(15)9-6-14(13-12-9)8-4-11-5-8/h6,8,11H,1,3-5H2,2H3. The van der Waals surface area contributed by atoms with E-state index in [1.807, 2.05) is 6.92 Å². The van der Waals surface area contributed by atoms with E-state index in [9.17, 15) is 4.79 Å². The lowest BCUT2D eigenvalue weighted by atomic mass is 10.1. The molecule has 0 aliphatic carbocycles. The van der Waals surface area contributed by atoms with Crippen LogP contribution in [-0.4, -0.2) is 33.9 Å². The summed E-state index contributed by atoms with van der Waals surface area (Å²) in [5.74, 6) is -0.0129. The summed E-state index contributed by atoms with van der Waals surface area (Å²) in [7, 11) is 0. The second-order valence-corrected chi connectivity index (χ2v) is 3.95. The molecule has 0 amide bonds. The third kappa shape index (κ3) is 2.12. The first-order valence-corrected chi connectivity index (χ1v) is 4.97. The molecule has 1 fully saturated rings. The van der Waals surface area contributed by atoms with Crippen LogP contribution in [0, 0.1) is 0 Å². The highest BCUT2D eigenvalue weighted by molar-refractivity contribution is 5.95. The van der Waals surface area contributed by atoms with E-state index in [0.717, 1.165) is 18.7 Å². The van der Waals surface area contributed by atoms with Gasteiger partial charge >= 0.3 is 0 Å². The highest BCUT2D eigenvalue weighted by Gasteiger charge is 2.21. The Morgan fingerprint density at radius 1 is 1.73 bits per heavy atom. The number of nitrogens with zero attached hydrogens (tertiary/aromatic N) is 3. The van der Waals surface area contributed by atoms with Gasteiger partial charge in [0.05, 0.1) is 12.2 Å². The van der Waals surface area contributed by atoms with Crippen LogP contribution in [0.25, 0.3) is 0 Å². The minimum Gasteiger partial charge on any atom is -0.312 e. The van der Waals surface area contributed by atoms with E-state index >= 15 is 0 Å². The van der Waals surface area contributed by atoms with E-state index < -0.39 is 0 Å². The molecule has 0 atom stereocenters. The molecule has 1 N–H and O–H groups in total. The second kappa shape index (κ2) is 3.94. The van der Waals surface area contributed by atoms with E-state index in [-0.39, 0.29) is 5.78 Å². The molecular formula is C10H14N4O. The zero-order valence-electron chi connectivity index (χ0n) is 8.73. The predicted octanol–water partition coefficient (Wildman–Crippen LogP) is 0.571. The van der Waals surface area contributed by atoms with Gasteiger partial charge in [0.2, 0.25) is 0 Å². The van der Waals surface area contributed by atoms with Crippen molar-refractivity contribution in [2.24, 2.45) is 0 Å². The van der Waals surface area contributed by atoms with Crippen molar-refractivity contribution >= 4 is 5.78 Å². The van der Waals surface area contributed by atoms with Crippen LogP contribution in [0.5, 0.6) is 0 Å². The van der Waals surface area contributed by atoms with Crippen molar-refractivity contribution in [1.29, 1.82) is 0 Å². The zero-order valence-corrected chi connectivity index (χ0v) is 8.73. The third-order valence-corrected chi connectivity index (χ3v) is 2.39. The fourth-order valence-electron chi connectivity index (χ4n) is 1.41. The van der Waals surface area contributed by atoms with Gasteiger partial charge in [-0.3, -0.25) is 4.79 Å². The Balaban J connectivity index is 2.05. The Bertz CT molecular complexity index is 392. The number of rotatable bonds is 4. The van der Waals surface area contributed by atoms with E-state index in [2.05, 4.69) is 22.2 Å². The fourth-order valence-corrected chi connectivity index (χ4v) is 1.41. The first kappa shape index (κ1) is 10.0. The highest BCUT2D eigenvalue weighted by Crippen LogP contribution is 2.11. The second-order valence-electron chi connectivity index (χ2n) is 3.95. The van der Waals surface area contributed by atoms with Crippen molar-refractivity contribution in [2.75, 3.05) is 13.1 Å². The van der Waals surface area contributed by atoms with Gasteiger partial charge < -0.3 is 5.32 Å². The minimum absolute atomic E-state index is 0.0129. The maximum Gasteiger partial charge on any atom is 0.188 e. The number of allylic oxidation sites excluding steroid dienone is 1. The average Bonchev–Trinajstić information content (AvgIpc) is 2.48. The van der Waals surface area contributed by atoms with Gasteiger partial charge in [0, 0.05) is 19.5 Å². The monoisotopic (exact) mass is 206 g/mol. The molecular weight excluding hydrogens is 192 g/mol. The molecule has 15 heavy (non-hydrogen) atoms. The topological polar surface area (TPSA) is 59.8 Å². The number of Topliss-reactive ketones (excluding diaryl/α,β-unsaturated/α-hetero) is 1. The van der Waals surface area contributed by atoms with Gasteiger partial charge in [0.15, 0.2) is 5.78 Å². The van der Waals surface area contributed by atoms with Gasteiger partial charge in [-0.1, -0.05) is 17.4 Å². The van der Waals surface area contributed by atoms with E-state index in [0.29, 0.717) is 18.2 Å². The summed E-state index contributed by atoms with van der Waals surface area (Å²) >= 11 is 0. The maximum absolute atomic E-state index is 11.6. The molecule has 0 saturated carbocycles. The molecule has 0 bridgehead atoms. The average molecular weight is 206 g/mol. The summed E-state index contributed by atoms with van der Waals surface area (Å²) in [6.45, 7) is 7.34. The SMILES string of the molecule is C=C(C)CC(=O)c1cn(C2CNC2)nn1. The molecule has 1 aliphatic rings. The summed E-state index contributed by atoms with van der Waals surface area (Å²) in [4.78, 5) is 11.6. The molecule has 0 spiro atoms. The summed E-state index contributed by atoms with van der Waals surface area (Å²) in [6.07, 6.45) is 2.07. The van der Waals surface area contributed by atoms with Gasteiger partial charge in [-0.15, -0.1) is 5.10 Å². The molecule has 0 aromatic carbocycles. The summed E-state index contributed by atoms with van der Waals surface area (Å²) in [5, 5.41) is 11.0. The maximum atomic E-state index is 11.6. The number of carbonyl (C=O) groups excluding carboxylic acids is 1. The summed E-state index contributed by atoms with van der Waals surface area (Å²) < 4.78 is 1.75. The summed E-state index contributed by atoms with van der Waals surface area (Å²) in [5.41, 5.74) is 1.28. The lowest BCUT2D eigenvalue weighted by molar-refractivity contribution is 0.0988. The number of hydrogen-bond donors (Lipinski definition) is 1. The number of nitrogens with one attached hydrogen (secondary N) is 1. The smallest absolute Gasteiger partial charge is 0.188 e. The van der Waals surface area contributed by atoms with Crippen LogP contribution >= 0.6 is 0 Å². The lowest BCUT2D eigenvalue weighted by Gasteiger charge is -2.26. The molecule has 5 nitrogen and oxygen atoms in total. The minimum atomic E-state index is -0.0129. The quantitative estimate of drug-likeness (QED) is 0.578. The first-order valence-electron chi connectivity index (χ1n) is 4.97. The molecule has 0 unspecified atom stereocenters. The molecule has 1 aromatic heterocycles. The normalized spacial score (nSPS) is 16.1. The first-order chi connectivity index (χ1) is 7.16. The van der Waals surface area contributed by atoms with Crippen LogP contribution in [0.2, 0.25) is 0 Å². The Morgan fingerprint density at radius 3 is 3.00 bits per heavy atom. The van der Waals surface area contributed by atoms with Crippen molar-refractivity contribution in [2.45, 2.75) is 19.4 Å². The van der Waals surface area contributed by atoms with Crippen molar-refractivity contribution in [1.82, 2.24) is 20.3 Å². The van der Waals surface area contributed by atoms with Crippen LogP contribution in [0.15, 0.2) is 18.3 Å². The van der Waals surface area contributed by atoms with Gasteiger partial charge in [0.1, 0.15) is 5.69 Å². The van der Waals surface area contributed by atoms with E-state index in [1.54, 1.807) is 10.9 Å². The summed E-state index contributed by atoms with van der Waals surface area (Å²) in [6, 6.07) is 0.351. The fraction of sp³-hybridized carbons (Fsp3) is 0.500. The largest absolute Gasteiger partial charge is 0.312 e. The molecule has 1 aromatic rings. The van der Waals surface area contributed by atoms with Crippen molar-refractivity contribution in [3.63, 3.8) is 0 Å². The van der Waals surface area contributed by atoms with Gasteiger partial charge in [-0.25, -0.2) is 4.68 Å². The van der Waals surface area contributed by atoms with E-state index in [4.69, 9.17) is 0 Å². The van der Waals surface area contributed by atoms with Crippen molar-refractivity contribution in [3.05, 3.63) is 24.0 Å². The molecule has 2 rings (SSSR count). The molecule has 5 heteroatoms. The van der Waals surface area contributed by atoms with Gasteiger partial charge in [-0.2, -0.15) is 0 Å². The van der Waals surface area contributed by atoms with Crippen LogP contribution in [0.3, 0.4) is 0 Å². The molecule has 0 radical (unpaired) electrons. The Hall–Kier alpha value is -1.49. The predicted molar refractivity (Wildman–Crippen MR) is 55.7 cm³/mol. The zero-order chi connectivity index (χ0) is 10.8. The van der Waals surface area contributed by atoms with Crippen LogP contribution < -0.4 is 5.32 Å². The van der Waals surface area contributed by atoms with E-state index in [1.165, 1.54) is 0 Å². The van der Waals surface area contributed by atoms with Gasteiger partial charge in [-0.05, 0) is 6.92 Å². The Labute approximate surface area is 88.2 Å². The van der Waals surface area contributed by atoms with Crippen molar-refractivity contribution in [3.8, 4) is 0 Å². The third-order valence-electron chi connectivity index (χ3n) is 2.39. The number of carbonyl (C=O) groups is 1. The number of ketones is 1. The Kier molecular flexibility index (Phi) is 2.64. The van der Waals surface area contributed by atoms with Crippen LogP contribution in [-0.2, 0) is 0 Å². The Morgan fingerprint density at radius 2 is 2.47 bits per heavy atom. The molecule has 2 heterocycles. The highest BCUT2D eigenvalue weighted by atomic mass is 16.1.